The number of nitrogens with one attached hydrogen (secondary N) is 1. The van der Waals surface area contributed by atoms with E-state index in [1.807, 2.05) is 18.2 Å². The van der Waals surface area contributed by atoms with Crippen molar-refractivity contribution in [2.45, 2.75) is 38.3 Å². The Hall–Kier alpha value is -2.57. The fourth-order valence-corrected chi connectivity index (χ4v) is 5.03. The summed E-state index contributed by atoms with van der Waals surface area (Å²) in [6, 6.07) is 18.7. The molecule has 1 amide bonds. The molecule has 2 saturated heterocycles. The summed E-state index contributed by atoms with van der Waals surface area (Å²) < 4.78 is 5.52. The molecule has 2 aliphatic rings. The summed E-state index contributed by atoms with van der Waals surface area (Å²) in [7, 11) is 1.73. The molecule has 4 rings (SSSR count). The molecule has 0 aromatic heterocycles. The Bertz CT molecular complexity index is 867. The average molecular weight is 451 g/mol. The van der Waals surface area contributed by atoms with E-state index in [1.165, 1.54) is 17.7 Å². The van der Waals surface area contributed by atoms with Gasteiger partial charge in [0, 0.05) is 39.3 Å². The van der Waals surface area contributed by atoms with E-state index in [9.17, 15) is 4.79 Å². The largest absolute Gasteiger partial charge is 0.495 e. The van der Waals surface area contributed by atoms with Crippen molar-refractivity contribution in [3.63, 3.8) is 0 Å². The van der Waals surface area contributed by atoms with Gasteiger partial charge in [0.05, 0.1) is 18.8 Å². The lowest BCUT2D eigenvalue weighted by Gasteiger charge is -2.36. The Morgan fingerprint density at radius 1 is 0.970 bits per heavy atom. The van der Waals surface area contributed by atoms with Crippen LogP contribution in [0.15, 0.2) is 54.6 Å². The van der Waals surface area contributed by atoms with Crippen molar-refractivity contribution in [2.24, 2.45) is 0 Å². The summed E-state index contributed by atoms with van der Waals surface area (Å²) in [6.45, 7) is 7.73. The highest BCUT2D eigenvalue weighted by Crippen LogP contribution is 2.28. The third-order valence-electron chi connectivity index (χ3n) is 6.89. The van der Waals surface area contributed by atoms with Gasteiger partial charge in [-0.3, -0.25) is 14.6 Å². The molecule has 6 heteroatoms. The summed E-state index contributed by atoms with van der Waals surface area (Å²) in [5.74, 6) is 1.14. The molecule has 0 radical (unpaired) electrons. The predicted octanol–water partition coefficient (Wildman–Crippen LogP) is 3.38. The van der Waals surface area contributed by atoms with Gasteiger partial charge in [-0.15, -0.1) is 0 Å². The molecule has 0 saturated carbocycles. The van der Waals surface area contributed by atoms with Crippen LogP contribution in [0.25, 0.3) is 0 Å². The van der Waals surface area contributed by atoms with E-state index >= 15 is 0 Å². The molecule has 1 atom stereocenters. The number of likely N-dealkylation sites (tertiary alicyclic amines) is 1. The second-order valence-electron chi connectivity index (χ2n) is 9.11. The summed E-state index contributed by atoms with van der Waals surface area (Å²) in [5, 5.41) is 3.22. The van der Waals surface area contributed by atoms with Crippen molar-refractivity contribution < 1.29 is 9.53 Å². The number of benzene rings is 2. The molecule has 2 heterocycles. The molecule has 2 aromatic rings. The SMILES string of the molecule is COc1ccccc1N1CCN(CCCNC(=O)C2CCCCN2Cc2ccccc2)CC1. The van der Waals surface area contributed by atoms with Crippen LogP contribution < -0.4 is 15.0 Å². The standard InChI is InChI=1S/C27H38N4O2/c1-33-26-14-6-5-12-24(26)30-20-18-29(19-21-30)16-9-15-28-27(32)25-13-7-8-17-31(25)22-23-10-3-2-4-11-23/h2-6,10-12,14,25H,7-9,13,15-22H2,1H3,(H,28,32). The van der Waals surface area contributed by atoms with Gasteiger partial charge in [0.2, 0.25) is 5.91 Å². The minimum atomic E-state index is 0.00311. The van der Waals surface area contributed by atoms with Gasteiger partial charge in [0.25, 0.3) is 0 Å². The molecule has 33 heavy (non-hydrogen) atoms. The number of nitrogens with zero attached hydrogens (tertiary/aromatic N) is 3. The lowest BCUT2D eigenvalue weighted by Crippen LogP contribution is -2.50. The minimum Gasteiger partial charge on any atom is -0.495 e. The number of carbonyl (C=O) groups excluding carboxylic acids is 1. The Labute approximate surface area is 198 Å². The van der Waals surface area contributed by atoms with Crippen molar-refractivity contribution in [2.75, 3.05) is 57.8 Å². The molecule has 6 nitrogen and oxygen atoms in total. The van der Waals surface area contributed by atoms with Gasteiger partial charge in [0.1, 0.15) is 5.75 Å². The first-order valence-electron chi connectivity index (χ1n) is 12.4. The van der Waals surface area contributed by atoms with Gasteiger partial charge >= 0.3 is 0 Å². The maximum Gasteiger partial charge on any atom is 0.237 e. The number of rotatable bonds is 9. The van der Waals surface area contributed by atoms with Crippen LogP contribution in [0.1, 0.15) is 31.2 Å². The fraction of sp³-hybridized carbons (Fsp3) is 0.519. The third-order valence-corrected chi connectivity index (χ3v) is 6.89. The van der Waals surface area contributed by atoms with E-state index in [0.717, 1.165) is 77.4 Å². The van der Waals surface area contributed by atoms with E-state index in [0.29, 0.717) is 0 Å². The van der Waals surface area contributed by atoms with Crippen LogP contribution in [0.5, 0.6) is 5.75 Å². The number of para-hydroxylation sites is 2. The van der Waals surface area contributed by atoms with Crippen LogP contribution in [0.3, 0.4) is 0 Å². The van der Waals surface area contributed by atoms with Crippen LogP contribution in [-0.2, 0) is 11.3 Å². The van der Waals surface area contributed by atoms with E-state index in [2.05, 4.69) is 56.4 Å². The maximum absolute atomic E-state index is 12.9. The van der Waals surface area contributed by atoms with E-state index in [1.54, 1.807) is 7.11 Å². The molecule has 2 aromatic carbocycles. The van der Waals surface area contributed by atoms with Crippen LogP contribution in [0.2, 0.25) is 0 Å². The number of ether oxygens (including phenoxy) is 1. The zero-order chi connectivity index (χ0) is 22.9. The number of anilines is 1. The van der Waals surface area contributed by atoms with Crippen molar-refractivity contribution in [1.82, 2.24) is 15.1 Å². The quantitative estimate of drug-likeness (QED) is 0.594. The van der Waals surface area contributed by atoms with Gasteiger partial charge in [0.15, 0.2) is 0 Å². The van der Waals surface area contributed by atoms with E-state index in [4.69, 9.17) is 4.74 Å². The molecule has 1 unspecified atom stereocenters. The molecule has 0 spiro atoms. The smallest absolute Gasteiger partial charge is 0.237 e. The summed E-state index contributed by atoms with van der Waals surface area (Å²) in [5.41, 5.74) is 2.46. The lowest BCUT2D eigenvalue weighted by atomic mass is 10.0. The number of hydrogen-bond donors (Lipinski definition) is 1. The first-order chi connectivity index (χ1) is 16.2. The molecule has 0 aliphatic carbocycles. The number of carbonyl (C=O) groups is 1. The lowest BCUT2D eigenvalue weighted by molar-refractivity contribution is -0.127. The van der Waals surface area contributed by atoms with Crippen LogP contribution in [0.4, 0.5) is 5.69 Å². The second-order valence-corrected chi connectivity index (χ2v) is 9.11. The van der Waals surface area contributed by atoms with Gasteiger partial charge < -0.3 is 15.0 Å². The van der Waals surface area contributed by atoms with Crippen LogP contribution >= 0.6 is 0 Å². The molecular formula is C27H38N4O2. The molecule has 2 fully saturated rings. The second kappa shape index (κ2) is 12.1. The number of methoxy groups -OCH3 is 1. The number of hydrogen-bond acceptors (Lipinski definition) is 5. The summed E-state index contributed by atoms with van der Waals surface area (Å²) in [6.07, 6.45) is 4.27. The monoisotopic (exact) mass is 450 g/mol. The van der Waals surface area contributed by atoms with Crippen molar-refractivity contribution >= 4 is 11.6 Å². The third kappa shape index (κ3) is 6.49. The van der Waals surface area contributed by atoms with Gasteiger partial charge in [-0.1, -0.05) is 48.9 Å². The highest BCUT2D eigenvalue weighted by molar-refractivity contribution is 5.81. The highest BCUT2D eigenvalue weighted by atomic mass is 16.5. The Kier molecular flexibility index (Phi) is 8.61. The Balaban J connectivity index is 1.17. The zero-order valence-corrected chi connectivity index (χ0v) is 19.9. The van der Waals surface area contributed by atoms with E-state index < -0.39 is 0 Å². The molecule has 2 aliphatic heterocycles. The summed E-state index contributed by atoms with van der Waals surface area (Å²) >= 11 is 0. The first kappa shape index (κ1) is 23.6. The highest BCUT2D eigenvalue weighted by Gasteiger charge is 2.28. The number of piperazine rings is 1. The van der Waals surface area contributed by atoms with Gasteiger partial charge in [-0.2, -0.15) is 0 Å². The van der Waals surface area contributed by atoms with Crippen molar-refractivity contribution in [1.29, 1.82) is 0 Å². The van der Waals surface area contributed by atoms with Gasteiger partial charge in [-0.25, -0.2) is 0 Å². The fourth-order valence-electron chi connectivity index (χ4n) is 5.03. The zero-order valence-electron chi connectivity index (χ0n) is 19.9. The van der Waals surface area contributed by atoms with Crippen LogP contribution in [0, 0.1) is 0 Å². The minimum absolute atomic E-state index is 0.00311. The number of amides is 1. The topological polar surface area (TPSA) is 48.1 Å². The van der Waals surface area contributed by atoms with Crippen LogP contribution in [-0.4, -0.2) is 74.7 Å². The normalized spacial score (nSPS) is 19.9. The Morgan fingerprint density at radius 2 is 1.73 bits per heavy atom. The Morgan fingerprint density at radius 3 is 2.52 bits per heavy atom. The molecule has 0 bridgehead atoms. The van der Waals surface area contributed by atoms with Gasteiger partial charge in [-0.05, 0) is 50.0 Å². The van der Waals surface area contributed by atoms with Crippen molar-refractivity contribution in [3.05, 3.63) is 60.2 Å². The van der Waals surface area contributed by atoms with Crippen molar-refractivity contribution in [3.8, 4) is 5.75 Å². The molecule has 178 valence electrons. The molecular weight excluding hydrogens is 412 g/mol. The number of piperidine rings is 1. The predicted molar refractivity (Wildman–Crippen MR) is 134 cm³/mol. The molecule has 1 N–H and O–H groups in total. The van der Waals surface area contributed by atoms with E-state index in [-0.39, 0.29) is 11.9 Å². The average Bonchev–Trinajstić information content (AvgIpc) is 2.88. The first-order valence-corrected chi connectivity index (χ1v) is 12.4. The maximum atomic E-state index is 12.9. The summed E-state index contributed by atoms with van der Waals surface area (Å²) in [4.78, 5) is 20.2.